The van der Waals surface area contributed by atoms with Crippen LogP contribution in [0.5, 0.6) is 0 Å². The fourth-order valence-electron chi connectivity index (χ4n) is 3.04. The van der Waals surface area contributed by atoms with Gasteiger partial charge in [0, 0.05) is 29.5 Å². The van der Waals surface area contributed by atoms with E-state index in [0.717, 1.165) is 37.1 Å². The zero-order chi connectivity index (χ0) is 17.8. The van der Waals surface area contributed by atoms with E-state index in [9.17, 15) is 9.00 Å². The van der Waals surface area contributed by atoms with Gasteiger partial charge >= 0.3 is 0 Å². The van der Waals surface area contributed by atoms with E-state index < -0.39 is 10.8 Å². The molecule has 2 aromatic rings. The number of amides is 1. The smallest absolute Gasteiger partial charge is 0.235 e. The number of rotatable bonds is 5. The van der Waals surface area contributed by atoms with E-state index in [0.29, 0.717) is 17.3 Å². The summed E-state index contributed by atoms with van der Waals surface area (Å²) in [5.74, 6) is 1.50. The maximum Gasteiger partial charge on any atom is 0.235 e. The normalized spacial score (nSPS) is 16.0. The molecule has 1 amide bonds. The van der Waals surface area contributed by atoms with Gasteiger partial charge in [-0.05, 0) is 45.2 Å². The number of hydrogen-bond donors (Lipinski definition) is 0. The minimum absolute atomic E-state index is 0.0157. The average molecular weight is 360 g/mol. The van der Waals surface area contributed by atoms with Gasteiger partial charge in [-0.15, -0.1) is 0 Å². The molecule has 134 valence electrons. The van der Waals surface area contributed by atoms with Gasteiger partial charge in [-0.3, -0.25) is 9.00 Å². The number of hydrogen-bond acceptors (Lipinski definition) is 4. The van der Waals surface area contributed by atoms with Crippen LogP contribution in [0.1, 0.15) is 36.3 Å². The second kappa shape index (κ2) is 7.95. The molecule has 1 atom stereocenters. The zero-order valence-corrected chi connectivity index (χ0v) is 15.6. The van der Waals surface area contributed by atoms with E-state index in [4.69, 9.17) is 4.42 Å². The number of likely N-dealkylation sites (tertiary alicyclic amines) is 1. The fraction of sp³-hybridized carbons (Fsp3) is 0.474. The van der Waals surface area contributed by atoms with Crippen LogP contribution in [0.4, 0.5) is 0 Å². The molecule has 2 heterocycles. The third-order valence-electron chi connectivity index (χ3n) is 4.45. The highest BCUT2D eigenvalue weighted by molar-refractivity contribution is 7.84. The molecule has 1 aliphatic heterocycles. The predicted molar refractivity (Wildman–Crippen MR) is 98.6 cm³/mol. The molecular weight excluding hydrogens is 336 g/mol. The van der Waals surface area contributed by atoms with Gasteiger partial charge in [-0.2, -0.15) is 0 Å². The van der Waals surface area contributed by atoms with Crippen molar-refractivity contribution in [2.45, 2.75) is 38.9 Å². The molecular formula is C19H24N2O3S. The van der Waals surface area contributed by atoms with Crippen molar-refractivity contribution in [3.8, 4) is 11.5 Å². The molecule has 1 saturated heterocycles. The van der Waals surface area contributed by atoms with Gasteiger partial charge in [-0.1, -0.05) is 17.7 Å². The van der Waals surface area contributed by atoms with Crippen molar-refractivity contribution in [1.29, 1.82) is 0 Å². The van der Waals surface area contributed by atoms with Crippen LogP contribution in [0.3, 0.4) is 0 Å². The van der Waals surface area contributed by atoms with E-state index in [1.807, 2.05) is 43.0 Å². The van der Waals surface area contributed by atoms with Crippen LogP contribution in [-0.4, -0.2) is 38.8 Å². The van der Waals surface area contributed by atoms with Gasteiger partial charge in [0.2, 0.25) is 11.8 Å². The quantitative estimate of drug-likeness (QED) is 0.821. The highest BCUT2D eigenvalue weighted by Gasteiger charge is 2.20. The summed E-state index contributed by atoms with van der Waals surface area (Å²) < 4.78 is 18.1. The molecule has 0 unspecified atom stereocenters. The molecule has 0 aliphatic carbocycles. The summed E-state index contributed by atoms with van der Waals surface area (Å²) in [6, 6.07) is 7.92. The van der Waals surface area contributed by atoms with Gasteiger partial charge in [0.05, 0.1) is 11.4 Å². The topological polar surface area (TPSA) is 63.4 Å². The van der Waals surface area contributed by atoms with E-state index in [2.05, 4.69) is 4.98 Å². The number of aromatic nitrogens is 1. The van der Waals surface area contributed by atoms with E-state index >= 15 is 0 Å². The molecule has 6 heteroatoms. The van der Waals surface area contributed by atoms with Crippen molar-refractivity contribution in [1.82, 2.24) is 9.88 Å². The number of benzene rings is 1. The second-order valence-corrected chi connectivity index (χ2v) is 8.02. The number of aryl methyl sites for hydroxylation is 2. The third kappa shape index (κ3) is 4.57. The Bertz CT molecular complexity index is 779. The molecule has 1 fully saturated rings. The fourth-order valence-corrected chi connectivity index (χ4v) is 4.17. The predicted octanol–water partition coefficient (Wildman–Crippen LogP) is 3.22. The first-order valence-electron chi connectivity index (χ1n) is 8.69. The molecule has 1 aromatic heterocycles. The van der Waals surface area contributed by atoms with Crippen LogP contribution in [0.2, 0.25) is 0 Å². The van der Waals surface area contributed by atoms with Crippen molar-refractivity contribution in [2.75, 3.05) is 18.8 Å². The molecule has 0 N–H and O–H groups in total. The minimum atomic E-state index is -1.27. The van der Waals surface area contributed by atoms with Crippen molar-refractivity contribution >= 4 is 16.7 Å². The lowest BCUT2D eigenvalue weighted by molar-refractivity contribution is -0.129. The van der Waals surface area contributed by atoms with E-state index in [1.165, 1.54) is 6.42 Å². The SMILES string of the molecule is Cc1cccc(-c2nc(C[S@](=O)CC(=O)N3CCCCC3)c(C)o2)c1. The number of nitrogens with zero attached hydrogens (tertiary/aromatic N) is 2. The summed E-state index contributed by atoms with van der Waals surface area (Å²) in [5.41, 5.74) is 2.71. The second-order valence-electron chi connectivity index (χ2n) is 6.56. The van der Waals surface area contributed by atoms with Gasteiger partial charge < -0.3 is 9.32 Å². The molecule has 0 spiro atoms. The van der Waals surface area contributed by atoms with Crippen LogP contribution in [0.15, 0.2) is 28.7 Å². The van der Waals surface area contributed by atoms with Gasteiger partial charge in [0.1, 0.15) is 11.5 Å². The minimum Gasteiger partial charge on any atom is -0.441 e. The van der Waals surface area contributed by atoms with Gasteiger partial charge in [-0.25, -0.2) is 4.98 Å². The summed E-state index contributed by atoms with van der Waals surface area (Å²) in [6.45, 7) is 5.42. The highest BCUT2D eigenvalue weighted by atomic mass is 32.2. The van der Waals surface area contributed by atoms with Crippen LogP contribution >= 0.6 is 0 Å². The van der Waals surface area contributed by atoms with E-state index in [1.54, 1.807) is 0 Å². The maximum absolute atomic E-state index is 12.4. The molecule has 0 radical (unpaired) electrons. The number of carbonyl (C=O) groups excluding carboxylic acids is 1. The molecule has 3 rings (SSSR count). The number of carbonyl (C=O) groups is 1. The highest BCUT2D eigenvalue weighted by Crippen LogP contribution is 2.23. The number of oxazole rings is 1. The number of piperidine rings is 1. The van der Waals surface area contributed by atoms with Crippen LogP contribution in [-0.2, 0) is 21.3 Å². The summed E-state index contributed by atoms with van der Waals surface area (Å²) >= 11 is 0. The Morgan fingerprint density at radius 1 is 1.24 bits per heavy atom. The van der Waals surface area contributed by atoms with Crippen molar-refractivity contribution in [3.63, 3.8) is 0 Å². The molecule has 1 aliphatic rings. The summed E-state index contributed by atoms with van der Waals surface area (Å²) in [6.07, 6.45) is 3.26. The Morgan fingerprint density at radius 3 is 2.72 bits per heavy atom. The van der Waals surface area contributed by atoms with Crippen molar-refractivity contribution in [3.05, 3.63) is 41.3 Å². The lowest BCUT2D eigenvalue weighted by Crippen LogP contribution is -2.38. The Morgan fingerprint density at radius 2 is 2.00 bits per heavy atom. The standard InChI is InChI=1S/C19H24N2O3S/c1-14-7-6-8-16(11-14)19-20-17(15(2)24-19)12-25(23)13-18(22)21-9-4-3-5-10-21/h6-8,11H,3-5,9-10,12-13H2,1-2H3/t25-/m0/s1. The first-order chi connectivity index (χ1) is 12.0. The first kappa shape index (κ1) is 17.9. The molecule has 0 saturated carbocycles. The lowest BCUT2D eigenvalue weighted by atomic mass is 10.1. The summed E-state index contributed by atoms with van der Waals surface area (Å²) in [7, 11) is -1.27. The Balaban J connectivity index is 1.64. The third-order valence-corrected chi connectivity index (χ3v) is 5.61. The van der Waals surface area contributed by atoms with Gasteiger partial charge in [0.25, 0.3) is 0 Å². The first-order valence-corrected chi connectivity index (χ1v) is 10.2. The van der Waals surface area contributed by atoms with E-state index in [-0.39, 0.29) is 17.4 Å². The molecule has 1 aromatic carbocycles. The summed E-state index contributed by atoms with van der Waals surface area (Å²) in [5, 5.41) is 0. The Hall–Kier alpha value is -1.95. The van der Waals surface area contributed by atoms with Crippen LogP contribution in [0, 0.1) is 13.8 Å². The maximum atomic E-state index is 12.4. The molecule has 5 nitrogen and oxygen atoms in total. The summed E-state index contributed by atoms with van der Waals surface area (Å²) in [4.78, 5) is 18.6. The monoisotopic (exact) mass is 360 g/mol. The Labute approximate surface area is 150 Å². The average Bonchev–Trinajstić information content (AvgIpc) is 2.96. The van der Waals surface area contributed by atoms with Gasteiger partial charge in [0.15, 0.2) is 0 Å². The van der Waals surface area contributed by atoms with Crippen LogP contribution < -0.4 is 0 Å². The largest absolute Gasteiger partial charge is 0.441 e. The molecule has 25 heavy (non-hydrogen) atoms. The Kier molecular flexibility index (Phi) is 5.68. The zero-order valence-electron chi connectivity index (χ0n) is 14.8. The van der Waals surface area contributed by atoms with Crippen molar-refractivity contribution in [2.24, 2.45) is 0 Å². The lowest BCUT2D eigenvalue weighted by Gasteiger charge is -2.26. The van der Waals surface area contributed by atoms with Crippen molar-refractivity contribution < 1.29 is 13.4 Å². The molecule has 0 bridgehead atoms. The van der Waals surface area contributed by atoms with Crippen LogP contribution in [0.25, 0.3) is 11.5 Å².